The second-order valence-electron chi connectivity index (χ2n) is 4.94. The first-order valence-electron chi connectivity index (χ1n) is 6.80. The topological polar surface area (TPSA) is 67.4 Å². The molecule has 2 N–H and O–H groups in total. The third-order valence-electron chi connectivity index (χ3n) is 3.40. The number of aryl methyl sites for hydroxylation is 1. The summed E-state index contributed by atoms with van der Waals surface area (Å²) in [7, 11) is 1.30. The van der Waals surface area contributed by atoms with Crippen molar-refractivity contribution in [3.05, 3.63) is 28.8 Å². The van der Waals surface area contributed by atoms with Crippen molar-refractivity contribution in [1.82, 2.24) is 5.32 Å². The van der Waals surface area contributed by atoms with Gasteiger partial charge in [0.05, 0.1) is 7.11 Å². The Morgan fingerprint density at radius 2 is 2.05 bits per heavy atom. The predicted molar refractivity (Wildman–Crippen MR) is 83.6 cm³/mol. The van der Waals surface area contributed by atoms with Gasteiger partial charge >= 0.3 is 12.0 Å². The summed E-state index contributed by atoms with van der Waals surface area (Å²) < 4.78 is 4.73. The minimum atomic E-state index is -0.681. The molecule has 6 heteroatoms. The molecule has 0 fully saturated rings. The van der Waals surface area contributed by atoms with E-state index in [1.54, 1.807) is 12.1 Å². The molecule has 0 aliphatic rings. The van der Waals surface area contributed by atoms with Crippen molar-refractivity contribution in [2.24, 2.45) is 5.92 Å². The summed E-state index contributed by atoms with van der Waals surface area (Å²) in [6.45, 7) is 5.69. The van der Waals surface area contributed by atoms with Gasteiger partial charge in [0.2, 0.25) is 0 Å². The smallest absolute Gasteiger partial charge is 0.328 e. The second kappa shape index (κ2) is 7.88. The first kappa shape index (κ1) is 17.3. The van der Waals surface area contributed by atoms with Crippen molar-refractivity contribution < 1.29 is 14.3 Å². The summed E-state index contributed by atoms with van der Waals surface area (Å²) in [6.07, 6.45) is 0.746. The third-order valence-corrected chi connectivity index (χ3v) is 3.64. The van der Waals surface area contributed by atoms with Gasteiger partial charge in [-0.1, -0.05) is 37.9 Å². The van der Waals surface area contributed by atoms with Crippen LogP contribution >= 0.6 is 11.6 Å². The van der Waals surface area contributed by atoms with Gasteiger partial charge in [-0.3, -0.25) is 0 Å². The fourth-order valence-electron chi connectivity index (χ4n) is 1.82. The van der Waals surface area contributed by atoms with Crippen LogP contribution in [-0.4, -0.2) is 25.2 Å². The van der Waals surface area contributed by atoms with Crippen LogP contribution in [-0.2, 0) is 9.53 Å². The molecule has 1 rings (SSSR count). The predicted octanol–water partition coefficient (Wildman–Crippen LogP) is 3.36. The van der Waals surface area contributed by atoms with Crippen molar-refractivity contribution in [1.29, 1.82) is 0 Å². The summed E-state index contributed by atoms with van der Waals surface area (Å²) >= 11 is 5.91. The van der Waals surface area contributed by atoms with Crippen LogP contribution in [0.25, 0.3) is 0 Å². The lowest BCUT2D eigenvalue weighted by Crippen LogP contribution is -2.47. The van der Waals surface area contributed by atoms with Crippen LogP contribution in [0, 0.1) is 12.8 Å². The van der Waals surface area contributed by atoms with Crippen molar-refractivity contribution >= 4 is 29.3 Å². The normalized spacial score (nSPS) is 13.2. The molecule has 0 aromatic heterocycles. The zero-order chi connectivity index (χ0) is 16.0. The maximum absolute atomic E-state index is 12.1. The monoisotopic (exact) mass is 312 g/mol. The number of ether oxygens (including phenoxy) is 1. The SMILES string of the molecule is CCC(C)C(NC(=O)Nc1cc(Cl)ccc1C)C(=O)OC. The lowest BCUT2D eigenvalue weighted by Gasteiger charge is -2.22. The maximum atomic E-state index is 12.1. The number of esters is 1. The number of rotatable bonds is 5. The van der Waals surface area contributed by atoms with Gasteiger partial charge in [0, 0.05) is 10.7 Å². The Balaban J connectivity index is 2.78. The Hall–Kier alpha value is -1.75. The van der Waals surface area contributed by atoms with Crippen LogP contribution in [0.3, 0.4) is 0 Å². The molecule has 1 aromatic carbocycles. The number of hydrogen-bond acceptors (Lipinski definition) is 3. The zero-order valence-electron chi connectivity index (χ0n) is 12.7. The molecule has 2 unspecified atom stereocenters. The molecule has 0 saturated carbocycles. The number of halogens is 1. The second-order valence-corrected chi connectivity index (χ2v) is 5.38. The van der Waals surface area contributed by atoms with Gasteiger partial charge in [0.1, 0.15) is 6.04 Å². The number of methoxy groups -OCH3 is 1. The average Bonchev–Trinajstić information content (AvgIpc) is 2.47. The minimum absolute atomic E-state index is 0.0244. The van der Waals surface area contributed by atoms with E-state index in [9.17, 15) is 9.59 Å². The number of benzene rings is 1. The van der Waals surface area contributed by atoms with Crippen molar-refractivity contribution in [3.63, 3.8) is 0 Å². The number of urea groups is 1. The summed E-state index contributed by atoms with van der Waals surface area (Å²) in [5.41, 5.74) is 1.49. The summed E-state index contributed by atoms with van der Waals surface area (Å²) in [5.74, 6) is -0.481. The van der Waals surface area contributed by atoms with E-state index in [1.807, 2.05) is 26.8 Å². The Kier molecular flexibility index (Phi) is 6.49. The number of anilines is 1. The highest BCUT2D eigenvalue weighted by Crippen LogP contribution is 2.20. The van der Waals surface area contributed by atoms with E-state index >= 15 is 0 Å². The summed E-state index contributed by atoms with van der Waals surface area (Å²) in [4.78, 5) is 23.8. The maximum Gasteiger partial charge on any atom is 0.328 e. The average molecular weight is 313 g/mol. The number of carbonyl (C=O) groups excluding carboxylic acids is 2. The Morgan fingerprint density at radius 1 is 1.38 bits per heavy atom. The standard InChI is InChI=1S/C15H21ClN2O3/c1-5-9(2)13(14(19)21-4)18-15(20)17-12-8-11(16)7-6-10(12)3/h6-9,13H,5H2,1-4H3,(H2,17,18,20). The molecule has 0 aliphatic carbocycles. The number of carbonyl (C=O) groups is 2. The highest BCUT2D eigenvalue weighted by Gasteiger charge is 2.26. The van der Waals surface area contributed by atoms with Gasteiger partial charge in [-0.15, -0.1) is 0 Å². The van der Waals surface area contributed by atoms with Crippen LogP contribution in [0.1, 0.15) is 25.8 Å². The van der Waals surface area contributed by atoms with Crippen LogP contribution in [0.4, 0.5) is 10.5 Å². The molecule has 0 spiro atoms. The molecule has 0 heterocycles. The number of nitrogens with one attached hydrogen (secondary N) is 2. The van der Waals surface area contributed by atoms with Crippen molar-refractivity contribution in [2.75, 3.05) is 12.4 Å². The van der Waals surface area contributed by atoms with Crippen LogP contribution in [0.5, 0.6) is 0 Å². The van der Waals surface area contributed by atoms with E-state index in [1.165, 1.54) is 7.11 Å². The fraction of sp³-hybridized carbons (Fsp3) is 0.467. The van der Waals surface area contributed by atoms with E-state index in [-0.39, 0.29) is 5.92 Å². The Morgan fingerprint density at radius 3 is 2.62 bits per heavy atom. The van der Waals surface area contributed by atoms with Crippen molar-refractivity contribution in [2.45, 2.75) is 33.2 Å². The largest absolute Gasteiger partial charge is 0.467 e. The number of hydrogen-bond donors (Lipinski definition) is 2. The Labute approximate surface area is 130 Å². The first-order valence-corrected chi connectivity index (χ1v) is 7.18. The van der Waals surface area contributed by atoms with Gasteiger partial charge in [0.25, 0.3) is 0 Å². The van der Waals surface area contributed by atoms with Gasteiger partial charge in [-0.25, -0.2) is 9.59 Å². The fourth-order valence-corrected chi connectivity index (χ4v) is 2.00. The van der Waals surface area contributed by atoms with E-state index in [4.69, 9.17) is 16.3 Å². The molecule has 1 aromatic rings. The minimum Gasteiger partial charge on any atom is -0.467 e. The van der Waals surface area contributed by atoms with E-state index in [2.05, 4.69) is 10.6 Å². The molecule has 0 radical (unpaired) electrons. The molecule has 2 atom stereocenters. The molecule has 2 amide bonds. The quantitative estimate of drug-likeness (QED) is 0.819. The molecule has 0 aliphatic heterocycles. The molecule has 116 valence electrons. The summed E-state index contributed by atoms with van der Waals surface area (Å²) in [6, 6.07) is 4.07. The van der Waals surface area contributed by atoms with E-state index in [0.717, 1.165) is 12.0 Å². The van der Waals surface area contributed by atoms with Gasteiger partial charge in [-0.2, -0.15) is 0 Å². The van der Waals surface area contributed by atoms with E-state index < -0.39 is 18.0 Å². The van der Waals surface area contributed by atoms with Crippen LogP contribution in [0.2, 0.25) is 5.02 Å². The lowest BCUT2D eigenvalue weighted by atomic mass is 9.99. The molecular weight excluding hydrogens is 292 g/mol. The highest BCUT2D eigenvalue weighted by molar-refractivity contribution is 6.31. The number of amides is 2. The van der Waals surface area contributed by atoms with Crippen LogP contribution < -0.4 is 10.6 Å². The molecule has 5 nitrogen and oxygen atoms in total. The highest BCUT2D eigenvalue weighted by atomic mass is 35.5. The summed E-state index contributed by atoms with van der Waals surface area (Å²) in [5, 5.41) is 5.87. The Bertz CT molecular complexity index is 520. The van der Waals surface area contributed by atoms with Gasteiger partial charge < -0.3 is 15.4 Å². The molecule has 21 heavy (non-hydrogen) atoms. The zero-order valence-corrected chi connectivity index (χ0v) is 13.5. The van der Waals surface area contributed by atoms with Crippen LogP contribution in [0.15, 0.2) is 18.2 Å². The van der Waals surface area contributed by atoms with E-state index in [0.29, 0.717) is 10.7 Å². The molecular formula is C15H21ClN2O3. The van der Waals surface area contributed by atoms with Crippen molar-refractivity contribution in [3.8, 4) is 0 Å². The third kappa shape index (κ3) is 4.93. The molecule has 0 bridgehead atoms. The first-order chi connectivity index (χ1) is 9.88. The van der Waals surface area contributed by atoms with Gasteiger partial charge in [0.15, 0.2) is 0 Å². The lowest BCUT2D eigenvalue weighted by molar-refractivity contribution is -0.144. The van der Waals surface area contributed by atoms with Gasteiger partial charge in [-0.05, 0) is 30.5 Å². The molecule has 0 saturated heterocycles.